The smallest absolute Gasteiger partial charge is 0.106 e. The molecule has 110 valence electrons. The highest BCUT2D eigenvalue weighted by molar-refractivity contribution is 7.80. The molecule has 0 aliphatic carbocycles. The van der Waals surface area contributed by atoms with E-state index in [1.165, 1.54) is 37.9 Å². The Labute approximate surface area is 127 Å². The molecule has 0 amide bonds. The Bertz CT molecular complexity index is 467. The van der Waals surface area contributed by atoms with Gasteiger partial charge in [-0.1, -0.05) is 24.7 Å². The highest BCUT2D eigenvalue weighted by Crippen LogP contribution is 2.19. The van der Waals surface area contributed by atoms with Crippen LogP contribution in [-0.4, -0.2) is 35.6 Å². The van der Waals surface area contributed by atoms with E-state index in [9.17, 15) is 0 Å². The lowest BCUT2D eigenvalue weighted by molar-refractivity contribution is 0.223. The van der Waals surface area contributed by atoms with Crippen molar-refractivity contribution in [3.8, 4) is 0 Å². The van der Waals surface area contributed by atoms with Gasteiger partial charge in [0.15, 0.2) is 0 Å². The number of nitrogens with one attached hydrogen (secondary N) is 1. The molecule has 1 atom stereocenters. The van der Waals surface area contributed by atoms with Gasteiger partial charge in [-0.2, -0.15) is 0 Å². The summed E-state index contributed by atoms with van der Waals surface area (Å²) in [5.74, 6) is 0. The molecule has 1 aliphatic heterocycles. The summed E-state index contributed by atoms with van der Waals surface area (Å²) >= 11 is 5.13. The second-order valence-corrected chi connectivity index (χ2v) is 6.26. The summed E-state index contributed by atoms with van der Waals surface area (Å²) in [6, 6.07) is 6.58. The molecule has 0 aromatic heterocycles. The normalized spacial score (nSPS) is 17.7. The van der Waals surface area contributed by atoms with Gasteiger partial charge in [0.2, 0.25) is 0 Å². The van der Waals surface area contributed by atoms with Crippen molar-refractivity contribution in [2.75, 3.05) is 25.0 Å². The van der Waals surface area contributed by atoms with Gasteiger partial charge in [0.25, 0.3) is 0 Å². The van der Waals surface area contributed by atoms with E-state index in [1.54, 1.807) is 0 Å². The van der Waals surface area contributed by atoms with Crippen LogP contribution in [0.2, 0.25) is 0 Å². The maximum Gasteiger partial charge on any atom is 0.106 e. The SMILES string of the molecule is Cc1ccc(C(N)=S)c(NC(C)CN2CCCCC2)c1. The lowest BCUT2D eigenvalue weighted by atomic mass is 10.1. The van der Waals surface area contributed by atoms with Gasteiger partial charge in [-0.05, 0) is 57.5 Å². The number of hydrogen-bond donors (Lipinski definition) is 2. The third kappa shape index (κ3) is 4.18. The first-order chi connectivity index (χ1) is 9.56. The molecular weight excluding hydrogens is 266 g/mol. The third-order valence-electron chi connectivity index (χ3n) is 3.82. The van der Waals surface area contributed by atoms with Crippen molar-refractivity contribution in [3.05, 3.63) is 29.3 Å². The zero-order valence-electron chi connectivity index (χ0n) is 12.5. The van der Waals surface area contributed by atoms with Crippen molar-refractivity contribution in [1.82, 2.24) is 4.90 Å². The highest BCUT2D eigenvalue weighted by atomic mass is 32.1. The zero-order valence-corrected chi connectivity index (χ0v) is 13.3. The van der Waals surface area contributed by atoms with E-state index in [4.69, 9.17) is 18.0 Å². The number of likely N-dealkylation sites (tertiary alicyclic amines) is 1. The summed E-state index contributed by atoms with van der Waals surface area (Å²) in [5, 5.41) is 3.57. The Balaban J connectivity index is 2.00. The van der Waals surface area contributed by atoms with Gasteiger partial charge in [-0.3, -0.25) is 0 Å². The molecule has 0 bridgehead atoms. The third-order valence-corrected chi connectivity index (χ3v) is 4.04. The van der Waals surface area contributed by atoms with Gasteiger partial charge >= 0.3 is 0 Å². The number of nitrogens with two attached hydrogens (primary N) is 1. The van der Waals surface area contributed by atoms with Crippen molar-refractivity contribution in [1.29, 1.82) is 0 Å². The standard InChI is InChI=1S/C16H25N3S/c1-12-6-7-14(16(17)20)15(10-12)18-13(2)11-19-8-4-3-5-9-19/h6-7,10,13,18H,3-5,8-9,11H2,1-2H3,(H2,17,20). The molecule has 4 heteroatoms. The molecule has 3 N–H and O–H groups in total. The van der Waals surface area contributed by atoms with E-state index >= 15 is 0 Å². The maximum absolute atomic E-state index is 5.81. The fraction of sp³-hybridized carbons (Fsp3) is 0.562. The maximum atomic E-state index is 5.81. The predicted octanol–water partition coefficient (Wildman–Crippen LogP) is 2.92. The number of anilines is 1. The van der Waals surface area contributed by atoms with Gasteiger partial charge in [0, 0.05) is 23.8 Å². The van der Waals surface area contributed by atoms with Crippen LogP contribution in [0, 0.1) is 6.92 Å². The number of aryl methyl sites for hydroxylation is 1. The molecule has 1 aromatic carbocycles. The molecule has 1 saturated heterocycles. The van der Waals surface area contributed by atoms with Gasteiger partial charge < -0.3 is 16.0 Å². The van der Waals surface area contributed by atoms with Gasteiger partial charge in [-0.25, -0.2) is 0 Å². The largest absolute Gasteiger partial charge is 0.389 e. The van der Waals surface area contributed by atoms with Crippen LogP contribution in [0.25, 0.3) is 0 Å². The Morgan fingerprint density at radius 2 is 2.05 bits per heavy atom. The van der Waals surface area contributed by atoms with Gasteiger partial charge in [0.1, 0.15) is 4.99 Å². The molecule has 0 spiro atoms. The van der Waals surface area contributed by atoms with E-state index < -0.39 is 0 Å². The Morgan fingerprint density at radius 1 is 1.35 bits per heavy atom. The highest BCUT2D eigenvalue weighted by Gasteiger charge is 2.14. The van der Waals surface area contributed by atoms with Crippen LogP contribution in [0.1, 0.15) is 37.3 Å². The summed E-state index contributed by atoms with van der Waals surface area (Å²) < 4.78 is 0. The number of rotatable bonds is 5. The second-order valence-electron chi connectivity index (χ2n) is 5.82. The summed E-state index contributed by atoms with van der Waals surface area (Å²) in [6.07, 6.45) is 4.03. The fourth-order valence-corrected chi connectivity index (χ4v) is 3.01. The number of nitrogens with zero attached hydrogens (tertiary/aromatic N) is 1. The number of hydrogen-bond acceptors (Lipinski definition) is 3. The van der Waals surface area contributed by atoms with Crippen LogP contribution in [-0.2, 0) is 0 Å². The van der Waals surface area contributed by atoms with E-state index in [2.05, 4.69) is 36.2 Å². The first-order valence-corrected chi connectivity index (χ1v) is 7.86. The molecule has 1 aromatic rings. The molecule has 1 unspecified atom stereocenters. The first kappa shape index (κ1) is 15.3. The molecule has 20 heavy (non-hydrogen) atoms. The van der Waals surface area contributed by atoms with Crippen molar-refractivity contribution >= 4 is 22.9 Å². The average Bonchev–Trinajstić information content (AvgIpc) is 2.39. The first-order valence-electron chi connectivity index (χ1n) is 7.45. The van der Waals surface area contributed by atoms with E-state index in [0.717, 1.165) is 17.8 Å². The van der Waals surface area contributed by atoms with Gasteiger partial charge in [-0.15, -0.1) is 0 Å². The predicted molar refractivity (Wildman–Crippen MR) is 90.4 cm³/mol. The molecule has 2 rings (SSSR count). The topological polar surface area (TPSA) is 41.3 Å². The van der Waals surface area contributed by atoms with Crippen LogP contribution in [0.4, 0.5) is 5.69 Å². The van der Waals surface area contributed by atoms with Crippen molar-refractivity contribution in [2.45, 2.75) is 39.2 Å². The lowest BCUT2D eigenvalue weighted by Crippen LogP contribution is -2.38. The molecule has 0 radical (unpaired) electrons. The number of thiocarbonyl (C=S) groups is 1. The lowest BCUT2D eigenvalue weighted by Gasteiger charge is -2.30. The van der Waals surface area contributed by atoms with Crippen LogP contribution in [0.5, 0.6) is 0 Å². The quantitative estimate of drug-likeness (QED) is 0.819. The molecule has 1 fully saturated rings. The second kappa shape index (κ2) is 7.04. The van der Waals surface area contributed by atoms with Crippen LogP contribution < -0.4 is 11.1 Å². The molecular formula is C16H25N3S. The van der Waals surface area contributed by atoms with Crippen LogP contribution in [0.3, 0.4) is 0 Å². The summed E-state index contributed by atoms with van der Waals surface area (Å²) in [7, 11) is 0. The average molecular weight is 291 g/mol. The van der Waals surface area contributed by atoms with E-state index in [1.807, 2.05) is 6.07 Å². The molecule has 0 saturated carbocycles. The summed E-state index contributed by atoms with van der Waals surface area (Å²) in [5.41, 5.74) is 9.02. The minimum Gasteiger partial charge on any atom is -0.389 e. The van der Waals surface area contributed by atoms with Gasteiger partial charge in [0.05, 0.1) is 0 Å². The van der Waals surface area contributed by atoms with Crippen molar-refractivity contribution < 1.29 is 0 Å². The minimum atomic E-state index is 0.392. The zero-order chi connectivity index (χ0) is 14.5. The monoisotopic (exact) mass is 291 g/mol. The number of benzene rings is 1. The van der Waals surface area contributed by atoms with Crippen molar-refractivity contribution in [2.24, 2.45) is 5.73 Å². The Kier molecular flexibility index (Phi) is 5.38. The number of piperidine rings is 1. The Morgan fingerprint density at radius 3 is 2.70 bits per heavy atom. The van der Waals surface area contributed by atoms with E-state index in [0.29, 0.717) is 11.0 Å². The molecule has 1 heterocycles. The summed E-state index contributed by atoms with van der Waals surface area (Å²) in [4.78, 5) is 3.00. The van der Waals surface area contributed by atoms with E-state index in [-0.39, 0.29) is 0 Å². The van der Waals surface area contributed by atoms with Crippen LogP contribution >= 0.6 is 12.2 Å². The fourth-order valence-electron chi connectivity index (χ4n) is 2.83. The summed E-state index contributed by atoms with van der Waals surface area (Å²) in [6.45, 7) is 7.83. The molecule has 1 aliphatic rings. The van der Waals surface area contributed by atoms with Crippen LogP contribution in [0.15, 0.2) is 18.2 Å². The molecule has 3 nitrogen and oxygen atoms in total. The Hall–Kier alpha value is -1.13. The van der Waals surface area contributed by atoms with Crippen molar-refractivity contribution in [3.63, 3.8) is 0 Å². The minimum absolute atomic E-state index is 0.392.